The Morgan fingerprint density at radius 3 is 0.695 bits per heavy atom. The van der Waals surface area contributed by atoms with Gasteiger partial charge in [-0.1, -0.05) is 75.7 Å². The average molecular weight is 1670 g/mol. The van der Waals surface area contributed by atoms with E-state index in [9.17, 15) is 4.70 Å². The minimum Gasteiger partial charge on any atom is -1.00 e. The second kappa shape index (κ2) is 123. The van der Waals surface area contributed by atoms with Crippen molar-refractivity contribution in [2.45, 2.75) is 205 Å². The zero-order valence-electron chi connectivity index (χ0n) is 55.3. The van der Waals surface area contributed by atoms with Crippen LogP contribution in [0.1, 0.15) is 150 Å². The number of ether oxygens (including phenoxy) is 6. The third-order valence-electron chi connectivity index (χ3n) is 13.5. The monoisotopic (exact) mass is 1670 g/mol. The van der Waals surface area contributed by atoms with E-state index < -0.39 is 12.4 Å². The summed E-state index contributed by atoms with van der Waals surface area (Å²) >= 11 is 0. The molecule has 2 fully saturated rings. The molecule has 2 rings (SSSR count). The van der Waals surface area contributed by atoms with Crippen LogP contribution < -0.4 is 199 Å². The second-order valence-electron chi connectivity index (χ2n) is 17.9. The van der Waals surface area contributed by atoms with Crippen LogP contribution in [0.2, 0.25) is 0 Å². The quantitative estimate of drug-likeness (QED) is 0.0690. The third-order valence-corrected chi connectivity index (χ3v) is 13.5. The van der Waals surface area contributed by atoms with E-state index in [1.807, 2.05) is 7.11 Å². The smallest absolute Gasteiger partial charge is 1.00 e. The van der Waals surface area contributed by atoms with Crippen molar-refractivity contribution in [1.29, 1.82) is 0 Å². The molecule has 0 aromatic carbocycles. The Morgan fingerprint density at radius 2 is 0.505 bits per heavy atom. The minimum atomic E-state index is -0.558. The van der Waals surface area contributed by atoms with Gasteiger partial charge in [-0.2, -0.15) is 0 Å². The van der Waals surface area contributed by atoms with Crippen LogP contribution in [0.5, 0.6) is 0 Å². The van der Waals surface area contributed by atoms with E-state index in [1.165, 1.54) is 0 Å². The number of hydrogen-bond donors (Lipinski definition) is 0. The standard InChI is InChI=1S/C21H42O3.C20H39BO5.CH4.7B2O2.16ClH/c1-10-13(4)19(22-9)20(14(5)11-2)24-21-17(8)15(6)16(7)18(12-3)23-21;1-9-12(4)17(23-8)18(13(5)10-2)25-20-19(26-21-22)15(7)14(6)16(11-3)24-20;;7*3-1-2-4;;;;;;;;;;;;;;;;/h13-21H,10-12H2,1-9H3;12-20H,9-11H2,1-8H3;1H4;;;;;;;;16*1H/p-16. The maximum atomic E-state index is 11.1. The summed E-state index contributed by atoms with van der Waals surface area (Å²) < 4.78 is 177. The topological polar surface area (TPSA) is 321 Å². The summed E-state index contributed by atoms with van der Waals surface area (Å²) in [6.07, 6.45) is 5.53. The molecule has 18 unspecified atom stereocenters. The Labute approximate surface area is 674 Å². The summed E-state index contributed by atoms with van der Waals surface area (Å²) in [6, 6.07) is 0. The summed E-state index contributed by atoms with van der Waals surface area (Å²) in [5.41, 5.74) is 0. The van der Waals surface area contributed by atoms with Crippen LogP contribution in [0.15, 0.2) is 0 Å². The largest absolute Gasteiger partial charge is 1.00 e. The van der Waals surface area contributed by atoms with E-state index in [4.69, 9.17) is 98.9 Å². The molecule has 0 saturated carbocycles. The van der Waals surface area contributed by atoms with Gasteiger partial charge in [-0.15, -0.1) is 0 Å². The molecule has 558 valence electrons. The molecule has 0 spiro atoms. The van der Waals surface area contributed by atoms with Crippen LogP contribution in [0.4, 0.5) is 0 Å². The fourth-order valence-electron chi connectivity index (χ4n) is 7.89. The summed E-state index contributed by atoms with van der Waals surface area (Å²) in [5, 5.41) is 0. The molecular formula is C42H85B15Cl16O22-16. The Bertz CT molecular complexity index is 1510. The van der Waals surface area contributed by atoms with Gasteiger partial charge in [-0.25, -0.2) is 0 Å². The van der Waals surface area contributed by atoms with Crippen molar-refractivity contribution in [2.24, 2.45) is 53.3 Å². The Morgan fingerprint density at radius 1 is 0.305 bits per heavy atom. The van der Waals surface area contributed by atoms with E-state index in [1.54, 1.807) is 7.11 Å². The normalized spacial score (nSPS) is 19.3. The van der Waals surface area contributed by atoms with Crippen molar-refractivity contribution < 1.29 is 302 Å². The molecule has 0 N–H and O–H groups in total. The molecule has 22 nitrogen and oxygen atoms in total. The molecule has 2 heterocycles. The van der Waals surface area contributed by atoms with Gasteiger partial charge in [0.1, 0.15) is 0 Å². The molecule has 53 heteroatoms. The van der Waals surface area contributed by atoms with Crippen molar-refractivity contribution >= 4 is 106 Å². The first-order chi connectivity index (χ1) is 37.1. The van der Waals surface area contributed by atoms with Crippen molar-refractivity contribution in [3.63, 3.8) is 0 Å². The summed E-state index contributed by atoms with van der Waals surface area (Å²) in [5.74, 6) is 3.68. The molecule has 18 atom stereocenters. The number of hydrogen-bond acceptors (Lipinski definition) is 22. The number of rotatable bonds is 27. The van der Waals surface area contributed by atoms with Gasteiger partial charge in [-0.3, -0.25) is 0 Å². The van der Waals surface area contributed by atoms with Gasteiger partial charge in [0.05, 0.1) is 18.3 Å². The fourth-order valence-corrected chi connectivity index (χ4v) is 7.89. The zero-order valence-corrected chi connectivity index (χ0v) is 67.4. The molecule has 0 amide bonds. The van der Waals surface area contributed by atoms with Gasteiger partial charge in [0.2, 0.25) is 0 Å². The Hall–Kier alpha value is 2.17. The SMILES string of the molecule is C.CCC(C)C(OC)C(OC1OC(CC)C(C)C(C)C1C)C(C)CC.CCC(C)C(OC)C(OC1OC(CC)C(C)C(C)C1OB=O)C(C)CC.O=BB=O.O=BB=O.O=BB=O.O=BB=O.O=BB=O.O=BB=O.O=BB=O.[Cl-].[Cl-].[Cl-].[Cl-].[Cl-].[Cl-].[Cl-].[Cl-].[Cl-].[Cl-].[Cl-].[Cl-].[Cl-].[Cl-].[Cl-].[Cl-]. The van der Waals surface area contributed by atoms with Crippen LogP contribution in [0, 0.1) is 53.3 Å². The van der Waals surface area contributed by atoms with E-state index in [0.29, 0.717) is 60.8 Å². The predicted octanol–water partition coefficient (Wildman–Crippen LogP) is -44.5. The minimum absolute atomic E-state index is 0. The van der Waals surface area contributed by atoms with Crippen LogP contribution >= 0.6 is 0 Å². The summed E-state index contributed by atoms with van der Waals surface area (Å²) in [6.45, 7) is 33.2. The van der Waals surface area contributed by atoms with E-state index in [2.05, 4.69) is 104 Å². The first-order valence-corrected chi connectivity index (χ1v) is 26.1. The van der Waals surface area contributed by atoms with Crippen molar-refractivity contribution in [3.8, 4) is 0 Å². The average Bonchev–Trinajstić information content (AvgIpc) is 3.48. The van der Waals surface area contributed by atoms with Crippen molar-refractivity contribution in [3.05, 3.63) is 0 Å². The number of halogens is 16. The van der Waals surface area contributed by atoms with Crippen LogP contribution in [0.3, 0.4) is 0 Å². The third kappa shape index (κ3) is 85.0. The van der Waals surface area contributed by atoms with E-state index >= 15 is 0 Å². The fraction of sp³-hybridized carbons (Fsp3) is 1.00. The van der Waals surface area contributed by atoms with Gasteiger partial charge in [0, 0.05) is 13.0 Å². The molecule has 0 radical (unpaired) electrons. The Balaban J connectivity index is -0.0000000305. The van der Waals surface area contributed by atoms with Crippen molar-refractivity contribution in [2.75, 3.05) is 14.2 Å². The van der Waals surface area contributed by atoms with E-state index in [0.717, 1.165) is 38.5 Å². The summed E-state index contributed by atoms with van der Waals surface area (Å²) in [4.78, 5) is 0. The molecule has 95 heavy (non-hydrogen) atoms. The van der Waals surface area contributed by atoms with Crippen LogP contribution in [0.25, 0.3) is 0 Å². The van der Waals surface area contributed by atoms with Gasteiger partial charge in [-0.05, 0) is 30.1 Å². The van der Waals surface area contributed by atoms with Gasteiger partial charge in [0.15, 0.2) is 6.29 Å². The van der Waals surface area contributed by atoms with Crippen molar-refractivity contribution in [1.82, 2.24) is 0 Å². The predicted molar refractivity (Wildman–Crippen MR) is 301 cm³/mol. The molecule has 0 aromatic rings. The van der Waals surface area contributed by atoms with Crippen LogP contribution in [-0.2, 0) is 104 Å². The van der Waals surface area contributed by atoms with Crippen LogP contribution in [-0.4, -0.2) is 175 Å². The molecule has 0 aliphatic carbocycles. The maximum Gasteiger partial charge on any atom is -1.00 e. The van der Waals surface area contributed by atoms with E-state index in [-0.39, 0.29) is 347 Å². The second-order valence-corrected chi connectivity index (χ2v) is 17.9. The first kappa shape index (κ1) is 168. The molecule has 2 aliphatic heterocycles. The zero-order chi connectivity index (χ0) is 62.2. The molecule has 0 bridgehead atoms. The number of methoxy groups -OCH3 is 2. The van der Waals surface area contributed by atoms with Gasteiger partial charge >= 0.3 is 325 Å². The maximum absolute atomic E-state index is 11.1. The molecule has 0 aromatic heterocycles. The summed E-state index contributed by atoms with van der Waals surface area (Å²) in [7, 11) is 6.80. The first-order valence-electron chi connectivity index (χ1n) is 26.1. The van der Waals surface area contributed by atoms with Gasteiger partial charge in [0.25, 0.3) is 0 Å². The molecular weight excluding hydrogens is 1590 g/mol. The molecule has 2 aliphatic rings. The van der Waals surface area contributed by atoms with Gasteiger partial charge < -0.3 is 213 Å². The molecule has 2 saturated heterocycles. The Kier molecular flexibility index (Phi) is 217.